The molecular formula is C27H25N3O3. The number of hydrogen-bond acceptors (Lipinski definition) is 4. The zero-order valence-electron chi connectivity index (χ0n) is 18.8. The fourth-order valence-electron chi connectivity index (χ4n) is 4.48. The number of anilines is 1. The van der Waals surface area contributed by atoms with Gasteiger partial charge in [0.15, 0.2) is 11.5 Å². The molecule has 1 aliphatic rings. The fraction of sp³-hybridized carbons (Fsp3) is 0.185. The summed E-state index contributed by atoms with van der Waals surface area (Å²) in [7, 11) is 3.24. The molecule has 0 aliphatic carbocycles. The molecule has 0 fully saturated rings. The van der Waals surface area contributed by atoms with Crippen molar-refractivity contribution in [1.29, 1.82) is 0 Å². The molecule has 0 bridgehead atoms. The van der Waals surface area contributed by atoms with E-state index in [0.717, 1.165) is 33.6 Å². The number of hydrogen-bond donors (Lipinski definition) is 1. The van der Waals surface area contributed by atoms with Gasteiger partial charge in [-0.05, 0) is 25.1 Å². The van der Waals surface area contributed by atoms with E-state index in [9.17, 15) is 4.79 Å². The molecule has 33 heavy (non-hydrogen) atoms. The second kappa shape index (κ2) is 8.47. The molecular weight excluding hydrogens is 414 g/mol. The highest BCUT2D eigenvalue weighted by molar-refractivity contribution is 5.97. The third-order valence-electron chi connectivity index (χ3n) is 6.05. The molecule has 6 nitrogen and oxygen atoms in total. The lowest BCUT2D eigenvalue weighted by Gasteiger charge is -2.26. The summed E-state index contributed by atoms with van der Waals surface area (Å²) in [5, 5.41) is 8.09. The predicted molar refractivity (Wildman–Crippen MR) is 128 cm³/mol. The Balaban J connectivity index is 1.79. The van der Waals surface area contributed by atoms with Crippen LogP contribution in [0.1, 0.15) is 29.0 Å². The first-order valence-corrected chi connectivity index (χ1v) is 10.9. The van der Waals surface area contributed by atoms with Crippen LogP contribution in [-0.4, -0.2) is 29.9 Å². The second-order valence-electron chi connectivity index (χ2n) is 8.11. The van der Waals surface area contributed by atoms with Crippen LogP contribution in [0.2, 0.25) is 0 Å². The average molecular weight is 440 g/mol. The fourth-order valence-corrected chi connectivity index (χ4v) is 4.48. The van der Waals surface area contributed by atoms with Crippen LogP contribution < -0.4 is 14.8 Å². The van der Waals surface area contributed by atoms with Gasteiger partial charge in [-0.2, -0.15) is 5.10 Å². The van der Waals surface area contributed by atoms with Gasteiger partial charge in [-0.25, -0.2) is 4.68 Å². The number of benzene rings is 3. The molecule has 0 radical (unpaired) electrons. The topological polar surface area (TPSA) is 65.4 Å². The van der Waals surface area contributed by atoms with Crippen LogP contribution in [-0.2, 0) is 4.79 Å². The standard InChI is InChI=1S/C27H25N3O3/c1-17-12-14-19(15-13-17)30-27-24(25(29-30)18-8-5-4-6-9-18)21(16-23(31)28-27)20-10-7-11-22(32-2)26(20)33-3/h4-15,21H,16H2,1-3H3,(H,28,31)/t21-/m0/s1. The van der Waals surface area contributed by atoms with E-state index in [4.69, 9.17) is 14.6 Å². The number of aromatic nitrogens is 2. The Morgan fingerprint density at radius 2 is 1.70 bits per heavy atom. The first-order valence-electron chi connectivity index (χ1n) is 10.9. The van der Waals surface area contributed by atoms with Crippen molar-refractivity contribution in [2.75, 3.05) is 19.5 Å². The molecule has 6 heteroatoms. The van der Waals surface area contributed by atoms with E-state index in [1.165, 1.54) is 0 Å². The minimum absolute atomic E-state index is 0.0646. The second-order valence-corrected chi connectivity index (χ2v) is 8.11. The Kier molecular flexibility index (Phi) is 5.34. The van der Waals surface area contributed by atoms with E-state index >= 15 is 0 Å². The number of para-hydroxylation sites is 1. The van der Waals surface area contributed by atoms with E-state index in [1.807, 2.05) is 84.4 Å². The number of amides is 1. The number of carbonyl (C=O) groups excluding carboxylic acids is 1. The lowest BCUT2D eigenvalue weighted by molar-refractivity contribution is -0.116. The molecule has 2 heterocycles. The molecule has 166 valence electrons. The maximum Gasteiger partial charge on any atom is 0.226 e. The minimum atomic E-state index is -0.242. The van der Waals surface area contributed by atoms with Crippen molar-refractivity contribution in [2.24, 2.45) is 0 Å². The van der Waals surface area contributed by atoms with Gasteiger partial charge in [-0.3, -0.25) is 4.79 Å². The normalized spacial score (nSPS) is 15.0. The van der Waals surface area contributed by atoms with Crippen molar-refractivity contribution in [1.82, 2.24) is 9.78 Å². The number of aryl methyl sites for hydroxylation is 1. The summed E-state index contributed by atoms with van der Waals surface area (Å²) in [6.07, 6.45) is 0.288. The monoisotopic (exact) mass is 439 g/mol. The van der Waals surface area contributed by atoms with E-state index < -0.39 is 0 Å². The van der Waals surface area contributed by atoms with Gasteiger partial charge in [0.05, 0.1) is 25.6 Å². The van der Waals surface area contributed by atoms with Gasteiger partial charge >= 0.3 is 0 Å². The average Bonchev–Trinajstić information content (AvgIpc) is 3.23. The van der Waals surface area contributed by atoms with E-state index in [-0.39, 0.29) is 18.2 Å². The number of fused-ring (bicyclic) bond motifs is 1. The number of rotatable bonds is 5. The van der Waals surface area contributed by atoms with Crippen molar-refractivity contribution in [3.8, 4) is 28.4 Å². The highest BCUT2D eigenvalue weighted by Gasteiger charge is 2.36. The molecule has 0 unspecified atom stereocenters. The van der Waals surface area contributed by atoms with Gasteiger partial charge in [0, 0.05) is 29.0 Å². The Hall–Kier alpha value is -4.06. The van der Waals surface area contributed by atoms with Crippen LogP contribution in [0, 0.1) is 6.92 Å². The zero-order valence-corrected chi connectivity index (χ0v) is 18.8. The molecule has 0 saturated carbocycles. The molecule has 0 saturated heterocycles. The Morgan fingerprint density at radius 3 is 2.39 bits per heavy atom. The zero-order chi connectivity index (χ0) is 22.9. The molecule has 1 atom stereocenters. The number of nitrogens with zero attached hydrogens (tertiary/aromatic N) is 2. The molecule has 4 aromatic rings. The van der Waals surface area contributed by atoms with Crippen molar-refractivity contribution in [3.63, 3.8) is 0 Å². The van der Waals surface area contributed by atoms with E-state index in [0.29, 0.717) is 17.3 Å². The summed E-state index contributed by atoms with van der Waals surface area (Å²) in [6.45, 7) is 2.05. The molecule has 3 aromatic carbocycles. The van der Waals surface area contributed by atoms with E-state index in [1.54, 1.807) is 14.2 Å². The lowest BCUT2D eigenvalue weighted by Crippen LogP contribution is -2.25. The minimum Gasteiger partial charge on any atom is -0.493 e. The summed E-state index contributed by atoms with van der Waals surface area (Å²) in [5.74, 6) is 1.64. The predicted octanol–water partition coefficient (Wildman–Crippen LogP) is 5.34. The third kappa shape index (κ3) is 3.63. The number of carbonyl (C=O) groups is 1. The highest BCUT2D eigenvalue weighted by Crippen LogP contribution is 2.47. The smallest absolute Gasteiger partial charge is 0.226 e. The quantitative estimate of drug-likeness (QED) is 0.456. The molecule has 0 spiro atoms. The van der Waals surface area contributed by atoms with Gasteiger partial charge in [0.1, 0.15) is 5.82 Å². The van der Waals surface area contributed by atoms with Gasteiger partial charge in [-0.1, -0.05) is 60.2 Å². The van der Waals surface area contributed by atoms with Gasteiger partial charge in [0.25, 0.3) is 0 Å². The van der Waals surface area contributed by atoms with Crippen LogP contribution in [0.4, 0.5) is 5.82 Å². The Labute approximate surface area is 192 Å². The molecule has 1 amide bonds. The van der Waals surface area contributed by atoms with Crippen molar-refractivity contribution in [2.45, 2.75) is 19.3 Å². The largest absolute Gasteiger partial charge is 0.493 e. The van der Waals surface area contributed by atoms with Crippen molar-refractivity contribution in [3.05, 3.63) is 89.5 Å². The van der Waals surface area contributed by atoms with Crippen LogP contribution >= 0.6 is 0 Å². The number of methoxy groups -OCH3 is 2. The van der Waals surface area contributed by atoms with Crippen LogP contribution in [0.5, 0.6) is 11.5 Å². The maximum absolute atomic E-state index is 12.9. The molecule has 1 N–H and O–H groups in total. The lowest BCUT2D eigenvalue weighted by atomic mass is 9.83. The van der Waals surface area contributed by atoms with Crippen LogP contribution in [0.25, 0.3) is 16.9 Å². The molecule has 1 aromatic heterocycles. The highest BCUT2D eigenvalue weighted by atomic mass is 16.5. The van der Waals surface area contributed by atoms with Crippen molar-refractivity contribution < 1.29 is 14.3 Å². The molecule has 1 aliphatic heterocycles. The summed E-state index contributed by atoms with van der Waals surface area (Å²) in [5.41, 5.74) is 5.73. The Bertz CT molecular complexity index is 1310. The van der Waals surface area contributed by atoms with Crippen molar-refractivity contribution >= 4 is 11.7 Å². The molecule has 5 rings (SSSR count). The summed E-state index contributed by atoms with van der Waals surface area (Å²) in [6, 6.07) is 23.9. The Morgan fingerprint density at radius 1 is 0.939 bits per heavy atom. The number of ether oxygens (including phenoxy) is 2. The van der Waals surface area contributed by atoms with Gasteiger partial charge in [0.2, 0.25) is 5.91 Å². The maximum atomic E-state index is 12.9. The summed E-state index contributed by atoms with van der Waals surface area (Å²) < 4.78 is 13.1. The van der Waals surface area contributed by atoms with Crippen LogP contribution in [0.3, 0.4) is 0 Å². The SMILES string of the molecule is COc1cccc([C@@H]2CC(=O)Nc3c2c(-c2ccccc2)nn3-c2ccc(C)cc2)c1OC. The van der Waals surface area contributed by atoms with Gasteiger partial charge < -0.3 is 14.8 Å². The van der Waals surface area contributed by atoms with Gasteiger partial charge in [-0.15, -0.1) is 0 Å². The first kappa shape index (κ1) is 20.8. The van der Waals surface area contributed by atoms with Crippen LogP contribution in [0.15, 0.2) is 72.8 Å². The van der Waals surface area contributed by atoms with E-state index in [2.05, 4.69) is 5.32 Å². The summed E-state index contributed by atoms with van der Waals surface area (Å²) in [4.78, 5) is 12.9. The summed E-state index contributed by atoms with van der Waals surface area (Å²) >= 11 is 0. The first-order chi connectivity index (χ1) is 16.1. The third-order valence-corrected chi connectivity index (χ3v) is 6.05. The number of nitrogens with one attached hydrogen (secondary N) is 1.